The van der Waals surface area contributed by atoms with Crippen molar-refractivity contribution in [2.24, 2.45) is 0 Å². The van der Waals surface area contributed by atoms with Gasteiger partial charge < -0.3 is 10.1 Å². The van der Waals surface area contributed by atoms with Crippen LogP contribution in [0.4, 0.5) is 0 Å². The molecule has 0 unspecified atom stereocenters. The minimum absolute atomic E-state index is 0.0303. The number of hydrogen-bond acceptors (Lipinski definition) is 4. The molecule has 1 aliphatic heterocycles. The molecule has 6 heteroatoms. The largest absolute Gasteiger partial charge is 0.493 e. The third-order valence-corrected chi connectivity index (χ3v) is 4.56. The van der Waals surface area contributed by atoms with Gasteiger partial charge in [-0.3, -0.25) is 14.0 Å². The number of para-hydroxylation sites is 1. The van der Waals surface area contributed by atoms with Gasteiger partial charge in [-0.1, -0.05) is 24.3 Å². The highest BCUT2D eigenvalue weighted by molar-refractivity contribution is 5.94. The van der Waals surface area contributed by atoms with Crippen LogP contribution in [0.3, 0.4) is 0 Å². The first-order chi connectivity index (χ1) is 12.1. The number of benzene rings is 1. The predicted molar refractivity (Wildman–Crippen MR) is 93.1 cm³/mol. The summed E-state index contributed by atoms with van der Waals surface area (Å²) in [5, 5.41) is 2.91. The van der Waals surface area contributed by atoms with Gasteiger partial charge >= 0.3 is 0 Å². The van der Waals surface area contributed by atoms with E-state index in [0.717, 1.165) is 11.3 Å². The first-order valence-electron chi connectivity index (χ1n) is 8.14. The molecule has 0 fully saturated rings. The van der Waals surface area contributed by atoms with Crippen LogP contribution < -0.4 is 15.6 Å². The first kappa shape index (κ1) is 15.4. The molecule has 0 saturated carbocycles. The molecule has 1 N–H and O–H groups in total. The Morgan fingerprint density at radius 3 is 2.96 bits per heavy atom. The average molecular weight is 335 g/mol. The lowest BCUT2D eigenvalue weighted by atomic mass is 9.94. The fourth-order valence-electron chi connectivity index (χ4n) is 3.17. The third kappa shape index (κ3) is 2.65. The van der Waals surface area contributed by atoms with Gasteiger partial charge in [-0.2, -0.15) is 0 Å². The highest BCUT2D eigenvalue weighted by atomic mass is 16.5. The summed E-state index contributed by atoms with van der Waals surface area (Å²) in [6, 6.07) is 12.9. The topological polar surface area (TPSA) is 72.7 Å². The highest BCUT2D eigenvalue weighted by Gasteiger charge is 2.30. The SMILES string of the molecule is C[C@@H](NC(=O)c1cnc2ccccn2c1=O)[C@@H]1COc2ccccc21. The van der Waals surface area contributed by atoms with Gasteiger partial charge in [0.1, 0.15) is 17.0 Å². The summed E-state index contributed by atoms with van der Waals surface area (Å²) in [7, 11) is 0. The van der Waals surface area contributed by atoms with Gasteiger partial charge in [0.15, 0.2) is 0 Å². The van der Waals surface area contributed by atoms with E-state index in [0.29, 0.717) is 12.3 Å². The van der Waals surface area contributed by atoms with E-state index >= 15 is 0 Å². The number of fused-ring (bicyclic) bond motifs is 2. The maximum atomic E-state index is 12.6. The highest BCUT2D eigenvalue weighted by Crippen LogP contribution is 2.35. The minimum Gasteiger partial charge on any atom is -0.493 e. The second-order valence-corrected chi connectivity index (χ2v) is 6.12. The number of rotatable bonds is 3. The third-order valence-electron chi connectivity index (χ3n) is 4.56. The van der Waals surface area contributed by atoms with Crippen LogP contribution in [-0.2, 0) is 0 Å². The zero-order chi connectivity index (χ0) is 17.4. The molecule has 1 aromatic carbocycles. The molecule has 6 nitrogen and oxygen atoms in total. The lowest BCUT2D eigenvalue weighted by Crippen LogP contribution is -2.40. The number of carbonyl (C=O) groups excluding carboxylic acids is 1. The van der Waals surface area contributed by atoms with Gasteiger partial charge in [-0.25, -0.2) is 4.98 Å². The van der Waals surface area contributed by atoms with E-state index in [-0.39, 0.29) is 23.1 Å². The number of nitrogens with zero attached hydrogens (tertiary/aromatic N) is 2. The van der Waals surface area contributed by atoms with Crippen molar-refractivity contribution in [1.82, 2.24) is 14.7 Å². The molecular weight excluding hydrogens is 318 g/mol. The number of nitrogens with one attached hydrogen (secondary N) is 1. The van der Waals surface area contributed by atoms with Crippen LogP contribution >= 0.6 is 0 Å². The van der Waals surface area contributed by atoms with E-state index < -0.39 is 5.91 Å². The maximum absolute atomic E-state index is 12.6. The summed E-state index contributed by atoms with van der Waals surface area (Å²) in [5.74, 6) is 0.477. The zero-order valence-electron chi connectivity index (χ0n) is 13.7. The van der Waals surface area contributed by atoms with Gasteiger partial charge in [-0.15, -0.1) is 0 Å². The minimum atomic E-state index is -0.423. The van der Waals surface area contributed by atoms with Crippen molar-refractivity contribution in [3.8, 4) is 5.75 Å². The Morgan fingerprint density at radius 1 is 1.28 bits per heavy atom. The fraction of sp³-hybridized carbons (Fsp3) is 0.211. The Hall–Kier alpha value is -3.15. The van der Waals surface area contributed by atoms with Crippen LogP contribution in [0, 0.1) is 0 Å². The van der Waals surface area contributed by atoms with Gasteiger partial charge in [0.25, 0.3) is 11.5 Å². The second kappa shape index (κ2) is 6.05. The maximum Gasteiger partial charge on any atom is 0.270 e. The van der Waals surface area contributed by atoms with Gasteiger partial charge in [0.2, 0.25) is 0 Å². The molecule has 3 aromatic rings. The standard InChI is InChI=1S/C19H17N3O3/c1-12(15-11-25-16-7-3-2-6-13(15)16)21-18(23)14-10-20-17-8-4-5-9-22(17)19(14)24/h2-10,12,15H,11H2,1H3,(H,21,23)/t12-,15+/m1/s1. The van der Waals surface area contributed by atoms with Crippen molar-refractivity contribution in [1.29, 1.82) is 0 Å². The Kier molecular flexibility index (Phi) is 3.72. The van der Waals surface area contributed by atoms with E-state index in [1.54, 1.807) is 24.4 Å². The second-order valence-electron chi connectivity index (χ2n) is 6.12. The number of pyridine rings is 1. The number of amides is 1. The lowest BCUT2D eigenvalue weighted by Gasteiger charge is -2.19. The summed E-state index contributed by atoms with van der Waals surface area (Å²) >= 11 is 0. The Balaban J connectivity index is 1.59. The number of carbonyl (C=O) groups is 1. The quantitative estimate of drug-likeness (QED) is 0.794. The lowest BCUT2D eigenvalue weighted by molar-refractivity contribution is 0.0930. The summed E-state index contributed by atoms with van der Waals surface area (Å²) < 4.78 is 7.04. The molecule has 4 rings (SSSR count). The Morgan fingerprint density at radius 2 is 2.08 bits per heavy atom. The molecule has 2 atom stereocenters. The van der Waals surface area contributed by atoms with Crippen LogP contribution in [0.1, 0.15) is 28.8 Å². The molecule has 0 saturated heterocycles. The average Bonchev–Trinajstić information content (AvgIpc) is 3.06. The fourth-order valence-corrected chi connectivity index (χ4v) is 3.17. The smallest absolute Gasteiger partial charge is 0.270 e. The van der Waals surface area contributed by atoms with Crippen molar-refractivity contribution in [3.63, 3.8) is 0 Å². The van der Waals surface area contributed by atoms with Gasteiger partial charge in [0.05, 0.1) is 6.61 Å². The predicted octanol–water partition coefficient (Wildman–Crippen LogP) is 1.99. The van der Waals surface area contributed by atoms with Crippen LogP contribution in [0.15, 0.2) is 59.7 Å². The van der Waals surface area contributed by atoms with Crippen LogP contribution in [-0.4, -0.2) is 27.9 Å². The molecule has 1 amide bonds. The van der Waals surface area contributed by atoms with Crippen molar-refractivity contribution >= 4 is 11.6 Å². The molecule has 2 aromatic heterocycles. The molecule has 25 heavy (non-hydrogen) atoms. The molecule has 1 aliphatic rings. The van der Waals surface area contributed by atoms with Crippen LogP contribution in [0.5, 0.6) is 5.75 Å². The number of ether oxygens (including phenoxy) is 1. The van der Waals surface area contributed by atoms with Gasteiger partial charge in [-0.05, 0) is 25.1 Å². The van der Waals surface area contributed by atoms with E-state index in [1.807, 2.05) is 31.2 Å². The first-order valence-corrected chi connectivity index (χ1v) is 8.14. The summed E-state index contributed by atoms with van der Waals surface area (Å²) in [4.78, 5) is 29.3. The summed E-state index contributed by atoms with van der Waals surface area (Å²) in [6.45, 7) is 2.43. The van der Waals surface area contributed by atoms with E-state index in [1.165, 1.54) is 10.6 Å². The summed E-state index contributed by atoms with van der Waals surface area (Å²) in [5.41, 5.74) is 1.24. The molecule has 0 aliphatic carbocycles. The number of hydrogen-bond donors (Lipinski definition) is 1. The molecular formula is C19H17N3O3. The van der Waals surface area contributed by atoms with Crippen molar-refractivity contribution in [2.45, 2.75) is 18.9 Å². The molecule has 0 spiro atoms. The molecule has 0 radical (unpaired) electrons. The normalized spacial score (nSPS) is 16.9. The van der Waals surface area contributed by atoms with Crippen molar-refractivity contribution < 1.29 is 9.53 Å². The molecule has 0 bridgehead atoms. The summed E-state index contributed by atoms with van der Waals surface area (Å²) in [6.07, 6.45) is 2.94. The van der Waals surface area contributed by atoms with Gasteiger partial charge in [0, 0.05) is 29.9 Å². The van der Waals surface area contributed by atoms with E-state index in [2.05, 4.69) is 10.3 Å². The molecule has 126 valence electrons. The van der Waals surface area contributed by atoms with E-state index in [4.69, 9.17) is 4.74 Å². The number of aromatic nitrogens is 2. The van der Waals surface area contributed by atoms with E-state index in [9.17, 15) is 9.59 Å². The Bertz CT molecular complexity index is 1010. The van der Waals surface area contributed by atoms with Crippen molar-refractivity contribution in [2.75, 3.05) is 6.61 Å². The van der Waals surface area contributed by atoms with Crippen LogP contribution in [0.25, 0.3) is 5.65 Å². The van der Waals surface area contributed by atoms with Crippen LogP contribution in [0.2, 0.25) is 0 Å². The Labute approximate surface area is 144 Å². The van der Waals surface area contributed by atoms with Crippen molar-refractivity contribution in [3.05, 3.63) is 76.3 Å². The monoisotopic (exact) mass is 335 g/mol. The zero-order valence-corrected chi connectivity index (χ0v) is 13.7. The molecule has 3 heterocycles.